The number of rotatable bonds is 4. The van der Waals surface area contributed by atoms with Crippen molar-refractivity contribution in [3.63, 3.8) is 0 Å². The van der Waals surface area contributed by atoms with E-state index < -0.39 is 0 Å². The minimum atomic E-state index is -0.337. The molecule has 0 unspecified atom stereocenters. The van der Waals surface area contributed by atoms with Gasteiger partial charge < -0.3 is 9.30 Å². The molecule has 0 radical (unpaired) electrons. The van der Waals surface area contributed by atoms with Gasteiger partial charge in [-0.05, 0) is 48.4 Å². The second-order valence-corrected chi connectivity index (χ2v) is 7.16. The van der Waals surface area contributed by atoms with Crippen molar-refractivity contribution in [3.05, 3.63) is 68.8 Å². The molecule has 0 bridgehead atoms. The summed E-state index contributed by atoms with van der Waals surface area (Å²) in [5, 5.41) is 0.409. The van der Waals surface area contributed by atoms with E-state index in [1.165, 1.54) is 16.2 Å². The number of aryl methyl sites for hydroxylation is 1. The molecule has 0 fully saturated rings. The number of nitrogens with zero attached hydrogens (tertiary/aromatic N) is 2. The fourth-order valence-corrected chi connectivity index (χ4v) is 4.02. The molecule has 0 saturated heterocycles. The number of carbonyl (C=O) groups is 1. The molecule has 1 amide bonds. The van der Waals surface area contributed by atoms with Crippen molar-refractivity contribution in [3.8, 4) is 17.0 Å². The first-order valence-electron chi connectivity index (χ1n) is 8.21. The zero-order chi connectivity index (χ0) is 18.7. The van der Waals surface area contributed by atoms with Crippen molar-refractivity contribution in [1.29, 1.82) is 0 Å². The first-order chi connectivity index (χ1) is 12.5. The zero-order valence-corrected chi connectivity index (χ0v) is 16.4. The number of halogens is 1. The molecule has 0 aliphatic heterocycles. The second-order valence-electron chi connectivity index (χ2n) is 5.69. The number of benzene rings is 2. The van der Waals surface area contributed by atoms with Crippen molar-refractivity contribution in [2.75, 3.05) is 7.11 Å². The normalized spacial score (nSPS) is 11.6. The van der Waals surface area contributed by atoms with Crippen LogP contribution in [-0.2, 0) is 13.5 Å². The third kappa shape index (κ3) is 3.59. The van der Waals surface area contributed by atoms with E-state index in [9.17, 15) is 4.79 Å². The molecular formula is C20H19ClN2O2S. The van der Waals surface area contributed by atoms with Gasteiger partial charge in [-0.2, -0.15) is 4.99 Å². The van der Waals surface area contributed by atoms with Crippen LogP contribution in [0, 0.1) is 0 Å². The molecule has 0 aliphatic rings. The number of ether oxygens (including phenoxy) is 1. The highest BCUT2D eigenvalue weighted by Crippen LogP contribution is 2.27. The first-order valence-corrected chi connectivity index (χ1v) is 9.41. The van der Waals surface area contributed by atoms with E-state index in [0.29, 0.717) is 15.4 Å². The lowest BCUT2D eigenvalue weighted by Crippen LogP contribution is -2.14. The van der Waals surface area contributed by atoms with Crippen LogP contribution in [0.4, 0.5) is 0 Å². The summed E-state index contributed by atoms with van der Waals surface area (Å²) in [6, 6.07) is 14.8. The van der Waals surface area contributed by atoms with Crippen LogP contribution in [0.25, 0.3) is 11.3 Å². The smallest absolute Gasteiger partial charge is 0.281 e. The topological polar surface area (TPSA) is 43.6 Å². The van der Waals surface area contributed by atoms with Gasteiger partial charge in [0.15, 0.2) is 4.80 Å². The summed E-state index contributed by atoms with van der Waals surface area (Å²) in [6.45, 7) is 2.10. The van der Waals surface area contributed by atoms with E-state index in [0.717, 1.165) is 23.4 Å². The molecule has 0 aliphatic carbocycles. The summed E-state index contributed by atoms with van der Waals surface area (Å²) in [5.74, 6) is 0.472. The molecule has 1 heterocycles. The third-order valence-electron chi connectivity index (χ3n) is 4.09. The molecule has 0 spiro atoms. The van der Waals surface area contributed by atoms with Crippen LogP contribution in [0.3, 0.4) is 0 Å². The van der Waals surface area contributed by atoms with Crippen molar-refractivity contribution in [2.24, 2.45) is 12.0 Å². The van der Waals surface area contributed by atoms with Gasteiger partial charge in [0.2, 0.25) is 0 Å². The van der Waals surface area contributed by atoms with E-state index in [2.05, 4.69) is 11.9 Å². The van der Waals surface area contributed by atoms with Gasteiger partial charge in [-0.15, -0.1) is 11.3 Å². The highest BCUT2D eigenvalue weighted by molar-refractivity contribution is 7.09. The van der Waals surface area contributed by atoms with Gasteiger partial charge in [0.05, 0.1) is 23.4 Å². The lowest BCUT2D eigenvalue weighted by molar-refractivity contribution is 0.0998. The summed E-state index contributed by atoms with van der Waals surface area (Å²) in [5.41, 5.74) is 2.53. The van der Waals surface area contributed by atoms with Crippen LogP contribution in [0.5, 0.6) is 5.75 Å². The van der Waals surface area contributed by atoms with Crippen LogP contribution >= 0.6 is 22.9 Å². The van der Waals surface area contributed by atoms with E-state index in [-0.39, 0.29) is 5.91 Å². The fourth-order valence-electron chi connectivity index (χ4n) is 2.73. The Kier molecular flexibility index (Phi) is 5.59. The summed E-state index contributed by atoms with van der Waals surface area (Å²) >= 11 is 7.64. The van der Waals surface area contributed by atoms with E-state index in [4.69, 9.17) is 16.3 Å². The van der Waals surface area contributed by atoms with Crippen LogP contribution in [0.1, 0.15) is 22.2 Å². The van der Waals surface area contributed by atoms with Gasteiger partial charge >= 0.3 is 0 Å². The van der Waals surface area contributed by atoms with Crippen molar-refractivity contribution >= 4 is 28.8 Å². The fraction of sp³-hybridized carbons (Fsp3) is 0.200. The van der Waals surface area contributed by atoms with Crippen molar-refractivity contribution in [1.82, 2.24) is 4.57 Å². The molecule has 134 valence electrons. The molecule has 3 aromatic rings. The van der Waals surface area contributed by atoms with Crippen LogP contribution in [0.2, 0.25) is 5.02 Å². The lowest BCUT2D eigenvalue weighted by Gasteiger charge is -2.07. The Balaban J connectivity index is 2.08. The van der Waals surface area contributed by atoms with Gasteiger partial charge in [0, 0.05) is 11.9 Å². The van der Waals surface area contributed by atoms with Gasteiger partial charge in [0.25, 0.3) is 5.91 Å². The molecule has 0 atom stereocenters. The van der Waals surface area contributed by atoms with E-state index in [1.807, 2.05) is 35.9 Å². The molecule has 0 saturated carbocycles. The molecule has 2 aromatic carbocycles. The summed E-state index contributed by atoms with van der Waals surface area (Å²) < 4.78 is 7.19. The SMILES string of the molecule is CCc1sc(=NC(=O)c2ccccc2Cl)n(C)c1-c1ccc(OC)cc1. The predicted molar refractivity (Wildman–Crippen MR) is 106 cm³/mol. The van der Waals surface area contributed by atoms with Crippen LogP contribution in [0.15, 0.2) is 53.5 Å². The maximum atomic E-state index is 12.5. The Morgan fingerprint density at radius 3 is 2.50 bits per heavy atom. The van der Waals surface area contributed by atoms with Crippen molar-refractivity contribution < 1.29 is 9.53 Å². The molecule has 6 heteroatoms. The average Bonchev–Trinajstić information content (AvgIpc) is 2.97. The number of aromatic nitrogens is 1. The Labute approximate surface area is 161 Å². The lowest BCUT2D eigenvalue weighted by atomic mass is 10.1. The minimum absolute atomic E-state index is 0.337. The first kappa shape index (κ1) is 18.4. The van der Waals surface area contributed by atoms with Crippen LogP contribution in [-0.4, -0.2) is 17.6 Å². The molecule has 3 rings (SSSR count). The van der Waals surface area contributed by atoms with Crippen LogP contribution < -0.4 is 9.54 Å². The minimum Gasteiger partial charge on any atom is -0.497 e. The number of amides is 1. The Hall–Kier alpha value is -2.37. The molecular weight excluding hydrogens is 368 g/mol. The number of hydrogen-bond acceptors (Lipinski definition) is 3. The number of hydrogen-bond donors (Lipinski definition) is 0. The highest BCUT2D eigenvalue weighted by Gasteiger charge is 2.14. The van der Waals surface area contributed by atoms with Gasteiger partial charge in [-0.25, -0.2) is 0 Å². The quantitative estimate of drug-likeness (QED) is 0.651. The second kappa shape index (κ2) is 7.89. The Morgan fingerprint density at radius 1 is 1.19 bits per heavy atom. The third-order valence-corrected chi connectivity index (χ3v) is 5.69. The maximum Gasteiger partial charge on any atom is 0.281 e. The van der Waals surface area contributed by atoms with Gasteiger partial charge in [0.1, 0.15) is 5.75 Å². The monoisotopic (exact) mass is 386 g/mol. The highest BCUT2D eigenvalue weighted by atomic mass is 35.5. The van der Waals surface area contributed by atoms with Crippen molar-refractivity contribution in [2.45, 2.75) is 13.3 Å². The standard InChI is InChI=1S/C20H19ClN2O2S/c1-4-17-18(13-9-11-14(25-3)12-10-13)23(2)20(26-17)22-19(24)15-7-5-6-8-16(15)21/h5-12H,4H2,1-3H3. The zero-order valence-electron chi connectivity index (χ0n) is 14.8. The number of methoxy groups -OCH3 is 1. The summed E-state index contributed by atoms with van der Waals surface area (Å²) in [7, 11) is 3.57. The summed E-state index contributed by atoms with van der Waals surface area (Å²) in [4.78, 5) is 18.7. The largest absolute Gasteiger partial charge is 0.497 e. The van der Waals surface area contributed by atoms with E-state index >= 15 is 0 Å². The average molecular weight is 387 g/mol. The van der Waals surface area contributed by atoms with Gasteiger partial charge in [-0.1, -0.05) is 30.7 Å². The van der Waals surface area contributed by atoms with Gasteiger partial charge in [-0.3, -0.25) is 4.79 Å². The molecule has 0 N–H and O–H groups in total. The van der Waals surface area contributed by atoms with E-state index in [1.54, 1.807) is 31.4 Å². The summed E-state index contributed by atoms with van der Waals surface area (Å²) in [6.07, 6.45) is 0.857. The Bertz CT molecular complexity index is 1000. The molecule has 1 aromatic heterocycles. The Morgan fingerprint density at radius 2 is 1.88 bits per heavy atom. The molecule has 26 heavy (non-hydrogen) atoms. The predicted octanol–water partition coefficient (Wildman–Crippen LogP) is 4.72. The maximum absolute atomic E-state index is 12.5. The number of thiazole rings is 1. The molecule has 4 nitrogen and oxygen atoms in total. The number of carbonyl (C=O) groups excluding carboxylic acids is 1.